The Hall–Kier alpha value is -3.47. The number of piperazine rings is 1. The van der Waals surface area contributed by atoms with E-state index in [1.165, 1.54) is 39.5 Å². The van der Waals surface area contributed by atoms with Crippen LogP contribution < -0.4 is 13.8 Å². The van der Waals surface area contributed by atoms with Crippen LogP contribution in [0.25, 0.3) is 0 Å². The Morgan fingerprint density at radius 2 is 1.50 bits per heavy atom. The molecule has 3 rings (SSSR count). The molecule has 0 spiro atoms. The van der Waals surface area contributed by atoms with E-state index in [1.807, 2.05) is 0 Å². The van der Waals surface area contributed by atoms with E-state index < -0.39 is 10.0 Å². The van der Waals surface area contributed by atoms with Gasteiger partial charge in [-0.1, -0.05) is 0 Å². The van der Waals surface area contributed by atoms with Gasteiger partial charge in [-0.25, -0.2) is 13.2 Å². The van der Waals surface area contributed by atoms with Crippen molar-refractivity contribution in [1.82, 2.24) is 9.80 Å². The molecule has 0 bridgehead atoms. The lowest BCUT2D eigenvalue weighted by atomic mass is 10.1. The molecule has 34 heavy (non-hydrogen) atoms. The first-order valence-electron chi connectivity index (χ1n) is 10.7. The number of carbonyl (C=O) groups is 2. The fourth-order valence-electron chi connectivity index (χ4n) is 3.58. The Morgan fingerprint density at radius 1 is 0.912 bits per heavy atom. The van der Waals surface area contributed by atoms with Gasteiger partial charge in [-0.05, 0) is 43.3 Å². The number of hydrogen-bond donors (Lipinski definition) is 0. The molecule has 2 aromatic carbocycles. The summed E-state index contributed by atoms with van der Waals surface area (Å²) in [6.45, 7) is 3.64. The van der Waals surface area contributed by atoms with E-state index in [2.05, 4.69) is 0 Å². The molecular formula is C23H29N3O7S. The molecule has 10 nitrogen and oxygen atoms in total. The van der Waals surface area contributed by atoms with Crippen molar-refractivity contribution in [2.45, 2.75) is 11.8 Å². The van der Waals surface area contributed by atoms with Gasteiger partial charge in [0.15, 0.2) is 11.5 Å². The van der Waals surface area contributed by atoms with E-state index >= 15 is 0 Å². The molecule has 1 heterocycles. The van der Waals surface area contributed by atoms with E-state index in [0.29, 0.717) is 55.5 Å². The van der Waals surface area contributed by atoms with Crippen LogP contribution in [0.15, 0.2) is 47.4 Å². The fourth-order valence-corrected chi connectivity index (χ4v) is 4.79. The van der Waals surface area contributed by atoms with Crippen molar-refractivity contribution in [3.8, 4) is 11.5 Å². The van der Waals surface area contributed by atoms with Crippen molar-refractivity contribution >= 4 is 27.7 Å². The number of hydrogen-bond acceptors (Lipinski definition) is 7. The van der Waals surface area contributed by atoms with Gasteiger partial charge in [-0.15, -0.1) is 0 Å². The molecule has 1 fully saturated rings. The molecule has 0 radical (unpaired) electrons. The average molecular weight is 492 g/mol. The average Bonchev–Trinajstić information content (AvgIpc) is 2.87. The minimum Gasteiger partial charge on any atom is -0.493 e. The van der Waals surface area contributed by atoms with E-state index in [1.54, 1.807) is 41.0 Å². The first-order valence-corrected chi connectivity index (χ1v) is 12.2. The molecule has 0 unspecified atom stereocenters. The quantitative estimate of drug-likeness (QED) is 0.586. The zero-order valence-electron chi connectivity index (χ0n) is 19.7. The van der Waals surface area contributed by atoms with Crippen molar-refractivity contribution in [2.75, 3.05) is 58.4 Å². The predicted molar refractivity (Wildman–Crippen MR) is 126 cm³/mol. The maximum atomic E-state index is 13.1. The highest BCUT2D eigenvalue weighted by Crippen LogP contribution is 2.31. The van der Waals surface area contributed by atoms with Gasteiger partial charge in [0.25, 0.3) is 15.9 Å². The lowest BCUT2D eigenvalue weighted by molar-refractivity contribution is 0.0570. The van der Waals surface area contributed by atoms with Crippen LogP contribution in [-0.4, -0.2) is 84.3 Å². The summed E-state index contributed by atoms with van der Waals surface area (Å²) in [6, 6.07) is 10.7. The lowest BCUT2D eigenvalue weighted by Crippen LogP contribution is -2.50. The Labute approximate surface area is 199 Å². The fraction of sp³-hybridized carbons (Fsp3) is 0.391. The van der Waals surface area contributed by atoms with Crippen LogP contribution in [0, 0.1) is 0 Å². The maximum absolute atomic E-state index is 13.1. The third-order valence-corrected chi connectivity index (χ3v) is 7.37. The summed E-state index contributed by atoms with van der Waals surface area (Å²) in [4.78, 5) is 28.0. The van der Waals surface area contributed by atoms with Gasteiger partial charge in [0.1, 0.15) is 0 Å². The normalized spacial score (nSPS) is 13.9. The lowest BCUT2D eigenvalue weighted by Gasteiger charge is -2.34. The van der Waals surface area contributed by atoms with Crippen LogP contribution in [0.5, 0.6) is 11.5 Å². The van der Waals surface area contributed by atoms with Crippen LogP contribution >= 0.6 is 0 Å². The second-order valence-corrected chi connectivity index (χ2v) is 9.48. The number of nitrogens with zero attached hydrogens (tertiary/aromatic N) is 3. The highest BCUT2D eigenvalue weighted by atomic mass is 32.2. The van der Waals surface area contributed by atoms with Crippen LogP contribution in [0.2, 0.25) is 0 Å². The van der Waals surface area contributed by atoms with Gasteiger partial charge < -0.3 is 24.0 Å². The summed E-state index contributed by atoms with van der Waals surface area (Å²) in [6.07, 6.45) is -0.377. The van der Waals surface area contributed by atoms with Gasteiger partial charge in [0.05, 0.1) is 31.4 Å². The van der Waals surface area contributed by atoms with Crippen molar-refractivity contribution in [3.05, 3.63) is 48.0 Å². The number of rotatable bonds is 7. The van der Waals surface area contributed by atoms with Crippen molar-refractivity contribution < 1.29 is 32.2 Å². The molecule has 0 aromatic heterocycles. The van der Waals surface area contributed by atoms with Crippen molar-refractivity contribution in [3.63, 3.8) is 0 Å². The van der Waals surface area contributed by atoms with Crippen LogP contribution in [0.1, 0.15) is 17.3 Å². The van der Waals surface area contributed by atoms with Gasteiger partial charge in [0.2, 0.25) is 0 Å². The summed E-state index contributed by atoms with van der Waals surface area (Å²) in [5.74, 6) is 0.552. The first-order chi connectivity index (χ1) is 16.2. The monoisotopic (exact) mass is 491 g/mol. The standard InChI is InChI=1S/C23H29N3O7S/c1-5-33-23(28)26-14-12-25(13-15-26)22(27)17-6-8-18(9-7-17)24(2)34(29,30)19-10-11-20(31-3)21(16-19)32-4/h6-11,16H,5,12-15H2,1-4H3. The van der Waals surface area contributed by atoms with Crippen LogP contribution in [0.3, 0.4) is 0 Å². The molecule has 0 atom stereocenters. The van der Waals surface area contributed by atoms with E-state index in [-0.39, 0.29) is 16.9 Å². The Balaban J connectivity index is 1.70. The molecule has 0 saturated carbocycles. The summed E-state index contributed by atoms with van der Waals surface area (Å²) >= 11 is 0. The molecule has 1 aliphatic rings. The van der Waals surface area contributed by atoms with Gasteiger partial charge in [-0.3, -0.25) is 9.10 Å². The smallest absolute Gasteiger partial charge is 0.409 e. The Morgan fingerprint density at radius 3 is 2.06 bits per heavy atom. The van der Waals surface area contributed by atoms with Crippen LogP contribution in [-0.2, 0) is 14.8 Å². The predicted octanol–water partition coefficient (Wildman–Crippen LogP) is 2.44. The molecule has 1 saturated heterocycles. The summed E-state index contributed by atoms with van der Waals surface area (Å²) in [7, 11) is 0.481. The van der Waals surface area contributed by atoms with E-state index in [9.17, 15) is 18.0 Å². The molecule has 11 heteroatoms. The molecular weight excluding hydrogens is 462 g/mol. The summed E-state index contributed by atoms with van der Waals surface area (Å²) in [5, 5.41) is 0. The molecule has 0 aliphatic carbocycles. The Kier molecular flexibility index (Phi) is 7.87. The maximum Gasteiger partial charge on any atom is 0.409 e. The number of sulfonamides is 1. The van der Waals surface area contributed by atoms with Crippen LogP contribution in [0.4, 0.5) is 10.5 Å². The summed E-state index contributed by atoms with van der Waals surface area (Å²) < 4.78 is 42.7. The minimum atomic E-state index is -3.87. The zero-order chi connectivity index (χ0) is 24.9. The molecule has 2 amide bonds. The second kappa shape index (κ2) is 10.6. The van der Waals surface area contributed by atoms with Crippen molar-refractivity contribution in [2.24, 2.45) is 0 Å². The number of benzene rings is 2. The third kappa shape index (κ3) is 5.19. The number of methoxy groups -OCH3 is 2. The Bertz CT molecular complexity index is 1130. The number of amides is 2. The largest absolute Gasteiger partial charge is 0.493 e. The zero-order valence-corrected chi connectivity index (χ0v) is 20.5. The van der Waals surface area contributed by atoms with Gasteiger partial charge in [0, 0.05) is 44.9 Å². The number of ether oxygens (including phenoxy) is 3. The van der Waals surface area contributed by atoms with Crippen molar-refractivity contribution in [1.29, 1.82) is 0 Å². The molecule has 0 N–H and O–H groups in total. The number of anilines is 1. The van der Waals surface area contributed by atoms with Gasteiger partial charge in [-0.2, -0.15) is 0 Å². The highest BCUT2D eigenvalue weighted by molar-refractivity contribution is 7.92. The first kappa shape index (κ1) is 25.2. The molecule has 184 valence electrons. The minimum absolute atomic E-state index is 0.0484. The van der Waals surface area contributed by atoms with E-state index in [4.69, 9.17) is 14.2 Å². The highest BCUT2D eigenvalue weighted by Gasteiger charge is 2.26. The SMILES string of the molecule is CCOC(=O)N1CCN(C(=O)c2ccc(N(C)S(=O)(=O)c3ccc(OC)c(OC)c3)cc2)CC1. The van der Waals surface area contributed by atoms with Gasteiger partial charge >= 0.3 is 6.09 Å². The van der Waals surface area contributed by atoms with E-state index in [0.717, 1.165) is 4.31 Å². The topological polar surface area (TPSA) is 106 Å². The second-order valence-electron chi connectivity index (χ2n) is 7.51. The number of carbonyl (C=O) groups excluding carboxylic acids is 2. The third-order valence-electron chi connectivity index (χ3n) is 5.58. The molecule has 2 aromatic rings. The summed E-state index contributed by atoms with van der Waals surface area (Å²) in [5.41, 5.74) is 0.837. The molecule has 1 aliphatic heterocycles.